The van der Waals surface area contributed by atoms with Crippen LogP contribution in [0.15, 0.2) is 52.5 Å². The molecule has 0 bridgehead atoms. The Morgan fingerprint density at radius 3 is 2.83 bits per heavy atom. The zero-order chi connectivity index (χ0) is 16.8. The van der Waals surface area contributed by atoms with E-state index in [9.17, 15) is 9.90 Å². The van der Waals surface area contributed by atoms with Crippen LogP contribution in [0.25, 0.3) is 6.08 Å². The van der Waals surface area contributed by atoms with E-state index >= 15 is 0 Å². The molecule has 2 rings (SSSR count). The maximum Gasteiger partial charge on any atom is 0.262 e. The highest BCUT2D eigenvalue weighted by Gasteiger charge is 2.10. The highest BCUT2D eigenvalue weighted by Crippen LogP contribution is 2.24. The van der Waals surface area contributed by atoms with Gasteiger partial charge in [-0.25, -0.2) is 0 Å². The molecule has 6 heteroatoms. The topological polar surface area (TPSA) is 73.1 Å². The first-order chi connectivity index (χ1) is 11.0. The van der Waals surface area contributed by atoms with Crippen LogP contribution in [0.2, 0.25) is 5.02 Å². The van der Waals surface area contributed by atoms with Crippen LogP contribution in [0.3, 0.4) is 0 Å². The molecule has 0 saturated carbocycles. The summed E-state index contributed by atoms with van der Waals surface area (Å²) in [5.74, 6) is -0.532. The number of nitrogens with zero attached hydrogens (tertiary/aromatic N) is 1. The van der Waals surface area contributed by atoms with Gasteiger partial charge in [-0.1, -0.05) is 39.7 Å². The highest BCUT2D eigenvalue weighted by molar-refractivity contribution is 9.10. The molecule has 0 fully saturated rings. The fourth-order valence-corrected chi connectivity index (χ4v) is 2.46. The van der Waals surface area contributed by atoms with E-state index in [2.05, 4.69) is 21.2 Å². The normalized spacial score (nSPS) is 10.9. The summed E-state index contributed by atoms with van der Waals surface area (Å²) in [6.07, 6.45) is 1.34. The summed E-state index contributed by atoms with van der Waals surface area (Å²) in [5.41, 5.74) is 1.11. The van der Waals surface area contributed by atoms with Gasteiger partial charge in [-0.2, -0.15) is 5.26 Å². The molecule has 0 spiro atoms. The summed E-state index contributed by atoms with van der Waals surface area (Å²) in [4.78, 5) is 12.1. The molecular formula is C17H12BrClN2O2. The summed E-state index contributed by atoms with van der Waals surface area (Å²) < 4.78 is 0.734. The van der Waals surface area contributed by atoms with Crippen molar-refractivity contribution in [2.75, 3.05) is 0 Å². The Kier molecular flexibility index (Phi) is 5.80. The number of carbonyl (C=O) groups excluding carboxylic acids is 1. The molecule has 0 unspecified atom stereocenters. The minimum absolute atomic E-state index is 0.0106. The molecule has 0 heterocycles. The molecule has 0 saturated heterocycles. The smallest absolute Gasteiger partial charge is 0.262 e. The van der Waals surface area contributed by atoms with Gasteiger partial charge in [0.15, 0.2) is 0 Å². The van der Waals surface area contributed by atoms with Crippen molar-refractivity contribution >= 4 is 39.5 Å². The van der Waals surface area contributed by atoms with Crippen molar-refractivity contribution in [2.24, 2.45) is 0 Å². The van der Waals surface area contributed by atoms with Crippen molar-refractivity contribution in [3.63, 3.8) is 0 Å². The van der Waals surface area contributed by atoms with Crippen LogP contribution in [0.5, 0.6) is 5.75 Å². The van der Waals surface area contributed by atoms with E-state index in [1.165, 1.54) is 12.1 Å². The van der Waals surface area contributed by atoms with Crippen LogP contribution in [-0.2, 0) is 11.3 Å². The van der Waals surface area contributed by atoms with Crippen molar-refractivity contribution in [2.45, 2.75) is 6.54 Å². The average Bonchev–Trinajstić information content (AvgIpc) is 2.53. The van der Waals surface area contributed by atoms with E-state index in [0.717, 1.165) is 10.0 Å². The van der Waals surface area contributed by atoms with E-state index < -0.39 is 5.91 Å². The Morgan fingerprint density at radius 2 is 2.13 bits per heavy atom. The number of halogens is 2. The summed E-state index contributed by atoms with van der Waals surface area (Å²) in [6, 6.07) is 13.7. The third kappa shape index (κ3) is 4.85. The molecule has 0 radical (unpaired) electrons. The average molecular weight is 392 g/mol. The molecule has 4 nitrogen and oxygen atoms in total. The van der Waals surface area contributed by atoms with Gasteiger partial charge in [0, 0.05) is 21.6 Å². The molecule has 23 heavy (non-hydrogen) atoms. The second-order valence-electron chi connectivity index (χ2n) is 4.69. The van der Waals surface area contributed by atoms with Gasteiger partial charge in [0.05, 0.1) is 0 Å². The van der Waals surface area contributed by atoms with Crippen LogP contribution >= 0.6 is 27.5 Å². The number of nitrogens with one attached hydrogen (secondary N) is 1. The molecule has 0 aliphatic rings. The largest absolute Gasteiger partial charge is 0.507 e. The van der Waals surface area contributed by atoms with Gasteiger partial charge in [0.1, 0.15) is 17.4 Å². The van der Waals surface area contributed by atoms with Crippen LogP contribution in [0.4, 0.5) is 0 Å². The second kappa shape index (κ2) is 7.82. The van der Waals surface area contributed by atoms with Gasteiger partial charge in [0.25, 0.3) is 5.91 Å². The molecule has 0 aliphatic carbocycles. The zero-order valence-corrected chi connectivity index (χ0v) is 14.2. The molecule has 0 atom stereocenters. The maximum atomic E-state index is 12.1. The van der Waals surface area contributed by atoms with Gasteiger partial charge in [-0.05, 0) is 42.0 Å². The molecule has 2 aromatic rings. The number of nitriles is 1. The predicted molar refractivity (Wildman–Crippen MR) is 92.7 cm³/mol. The van der Waals surface area contributed by atoms with Gasteiger partial charge in [-0.15, -0.1) is 0 Å². The van der Waals surface area contributed by atoms with Gasteiger partial charge < -0.3 is 10.4 Å². The summed E-state index contributed by atoms with van der Waals surface area (Å²) in [7, 11) is 0. The Hall–Kier alpha value is -2.29. The summed E-state index contributed by atoms with van der Waals surface area (Å²) >= 11 is 9.16. The van der Waals surface area contributed by atoms with Gasteiger partial charge in [0.2, 0.25) is 0 Å². The van der Waals surface area contributed by atoms with E-state index in [4.69, 9.17) is 16.9 Å². The Labute approximate surface area is 147 Å². The standard InChI is InChI=1S/C17H12BrClN2O2/c18-14-4-5-16(22)12(8-14)7-13(9-20)17(23)21-10-11-2-1-3-15(19)6-11/h1-8,22H,10H2,(H,21,23). The first kappa shape index (κ1) is 17.1. The van der Waals surface area contributed by atoms with Crippen LogP contribution < -0.4 is 5.32 Å². The predicted octanol–water partition coefficient (Wildman–Crippen LogP) is 4.03. The monoisotopic (exact) mass is 390 g/mol. The maximum absolute atomic E-state index is 12.1. The third-order valence-electron chi connectivity index (χ3n) is 3.00. The van der Waals surface area contributed by atoms with E-state index in [0.29, 0.717) is 10.6 Å². The molecule has 2 N–H and O–H groups in total. The lowest BCUT2D eigenvalue weighted by molar-refractivity contribution is -0.117. The number of carbonyl (C=O) groups is 1. The van der Waals surface area contributed by atoms with E-state index in [1.807, 2.05) is 12.1 Å². The van der Waals surface area contributed by atoms with Crippen molar-refractivity contribution < 1.29 is 9.90 Å². The number of aromatic hydroxyl groups is 1. The molecule has 1 amide bonds. The van der Waals surface area contributed by atoms with Crippen molar-refractivity contribution in [3.8, 4) is 11.8 Å². The third-order valence-corrected chi connectivity index (χ3v) is 3.72. The number of phenols is 1. The lowest BCUT2D eigenvalue weighted by Gasteiger charge is -2.06. The highest BCUT2D eigenvalue weighted by atomic mass is 79.9. The van der Waals surface area contributed by atoms with Crippen molar-refractivity contribution in [1.82, 2.24) is 5.32 Å². The molecular weight excluding hydrogens is 380 g/mol. The quantitative estimate of drug-likeness (QED) is 0.610. The van der Waals surface area contributed by atoms with Gasteiger partial charge in [-0.3, -0.25) is 4.79 Å². The number of hydrogen-bond donors (Lipinski definition) is 2. The number of benzene rings is 2. The summed E-state index contributed by atoms with van der Waals surface area (Å²) in [5, 5.41) is 22.2. The lowest BCUT2D eigenvalue weighted by Crippen LogP contribution is -2.23. The Balaban J connectivity index is 2.14. The first-order valence-corrected chi connectivity index (χ1v) is 7.79. The number of amides is 1. The van der Waals surface area contributed by atoms with Crippen molar-refractivity contribution in [1.29, 1.82) is 5.26 Å². The van der Waals surface area contributed by atoms with E-state index in [-0.39, 0.29) is 17.9 Å². The Morgan fingerprint density at radius 1 is 1.35 bits per heavy atom. The SMILES string of the molecule is N#CC(=Cc1cc(Br)ccc1O)C(=O)NCc1cccc(Cl)c1. The summed E-state index contributed by atoms with van der Waals surface area (Å²) in [6.45, 7) is 0.253. The fraction of sp³-hybridized carbons (Fsp3) is 0.0588. The fourth-order valence-electron chi connectivity index (χ4n) is 1.87. The lowest BCUT2D eigenvalue weighted by atomic mass is 10.1. The van der Waals surface area contributed by atoms with E-state index in [1.54, 1.807) is 30.3 Å². The first-order valence-electron chi connectivity index (χ1n) is 6.62. The van der Waals surface area contributed by atoms with Gasteiger partial charge >= 0.3 is 0 Å². The Bertz CT molecular complexity index is 812. The second-order valence-corrected chi connectivity index (χ2v) is 6.04. The minimum Gasteiger partial charge on any atom is -0.507 e. The number of rotatable bonds is 4. The zero-order valence-electron chi connectivity index (χ0n) is 11.9. The molecule has 116 valence electrons. The number of phenolic OH excluding ortho intramolecular Hbond substituents is 1. The van der Waals surface area contributed by atoms with Crippen LogP contribution in [0, 0.1) is 11.3 Å². The number of hydrogen-bond acceptors (Lipinski definition) is 3. The van der Waals surface area contributed by atoms with Crippen molar-refractivity contribution in [3.05, 3.63) is 68.7 Å². The molecule has 0 aromatic heterocycles. The molecule has 2 aromatic carbocycles. The van der Waals surface area contributed by atoms with Crippen LogP contribution in [0.1, 0.15) is 11.1 Å². The minimum atomic E-state index is -0.521. The molecule has 0 aliphatic heterocycles. The van der Waals surface area contributed by atoms with Crippen LogP contribution in [-0.4, -0.2) is 11.0 Å².